The first kappa shape index (κ1) is 17.6. The number of hydrogen-bond acceptors (Lipinski definition) is 2. The molecule has 3 heteroatoms. The molecule has 0 bridgehead atoms. The van der Waals surface area contributed by atoms with E-state index >= 15 is 0 Å². The Bertz CT molecular complexity index is 1300. The lowest BCUT2D eigenvalue weighted by Gasteiger charge is -2.14. The fourth-order valence-electron chi connectivity index (χ4n) is 3.57. The third-order valence-electron chi connectivity index (χ3n) is 4.99. The molecule has 0 aliphatic heterocycles. The van der Waals surface area contributed by atoms with E-state index in [1.54, 1.807) is 0 Å². The summed E-state index contributed by atoms with van der Waals surface area (Å²) in [5.41, 5.74) is 7.82. The van der Waals surface area contributed by atoms with Gasteiger partial charge in [-0.3, -0.25) is 0 Å². The number of rotatable bonds is 3. The molecule has 4 aromatic carbocycles. The summed E-state index contributed by atoms with van der Waals surface area (Å²) >= 11 is 6.58. The molecule has 0 amide bonds. The van der Waals surface area contributed by atoms with Gasteiger partial charge in [0.05, 0.1) is 11.0 Å². The van der Waals surface area contributed by atoms with E-state index in [0.717, 1.165) is 33.3 Å². The third kappa shape index (κ3) is 3.39. The van der Waals surface area contributed by atoms with Crippen molar-refractivity contribution in [1.82, 2.24) is 9.97 Å². The summed E-state index contributed by atoms with van der Waals surface area (Å²) in [5.74, 6) is 0. The minimum absolute atomic E-state index is 0.411. The Balaban J connectivity index is 1.76. The highest BCUT2D eigenvalue weighted by atomic mass is 35.5. The van der Waals surface area contributed by atoms with Crippen LogP contribution in [0.3, 0.4) is 0 Å². The van der Waals surface area contributed by atoms with Crippen LogP contribution in [0.4, 0.5) is 0 Å². The average molecular weight is 393 g/mol. The van der Waals surface area contributed by atoms with Gasteiger partial charge in [0.25, 0.3) is 0 Å². The van der Waals surface area contributed by atoms with Crippen molar-refractivity contribution in [2.24, 2.45) is 0 Å². The smallest absolute Gasteiger partial charge is 0.156 e. The molecule has 0 fully saturated rings. The van der Waals surface area contributed by atoms with Crippen molar-refractivity contribution < 1.29 is 0 Å². The first-order valence-electron chi connectivity index (χ1n) is 9.47. The number of para-hydroxylation sites is 2. The van der Waals surface area contributed by atoms with E-state index in [-0.39, 0.29) is 0 Å². The van der Waals surface area contributed by atoms with Crippen molar-refractivity contribution in [3.05, 3.63) is 108 Å². The molecule has 138 valence electrons. The van der Waals surface area contributed by atoms with Crippen LogP contribution in [-0.2, 0) is 0 Å². The van der Waals surface area contributed by atoms with Crippen molar-refractivity contribution in [3.8, 4) is 33.5 Å². The van der Waals surface area contributed by atoms with Crippen LogP contribution in [0.15, 0.2) is 103 Å². The summed E-state index contributed by atoms with van der Waals surface area (Å²) < 4.78 is 0. The molecule has 0 aliphatic carbocycles. The molecule has 0 unspecified atom stereocenters. The Morgan fingerprint density at radius 1 is 0.483 bits per heavy atom. The minimum Gasteiger partial charge on any atom is -0.243 e. The Morgan fingerprint density at radius 2 is 1.07 bits per heavy atom. The monoisotopic (exact) mass is 392 g/mol. The van der Waals surface area contributed by atoms with Gasteiger partial charge in [0.1, 0.15) is 5.69 Å². The van der Waals surface area contributed by atoms with Crippen LogP contribution in [0.2, 0.25) is 5.15 Å². The van der Waals surface area contributed by atoms with Crippen LogP contribution in [0.25, 0.3) is 44.5 Å². The van der Waals surface area contributed by atoms with Crippen LogP contribution in [-0.4, -0.2) is 9.97 Å². The molecule has 0 atom stereocenters. The van der Waals surface area contributed by atoms with Crippen molar-refractivity contribution in [3.63, 3.8) is 0 Å². The van der Waals surface area contributed by atoms with E-state index in [1.165, 1.54) is 5.56 Å². The van der Waals surface area contributed by atoms with E-state index in [0.29, 0.717) is 10.8 Å². The molecule has 5 aromatic rings. The number of aromatic nitrogens is 2. The second-order valence-electron chi connectivity index (χ2n) is 6.84. The van der Waals surface area contributed by atoms with E-state index < -0.39 is 0 Å². The maximum Gasteiger partial charge on any atom is 0.156 e. The van der Waals surface area contributed by atoms with Gasteiger partial charge in [-0.25, -0.2) is 9.97 Å². The molecule has 1 heterocycles. The van der Waals surface area contributed by atoms with Gasteiger partial charge >= 0.3 is 0 Å². The predicted molar refractivity (Wildman–Crippen MR) is 121 cm³/mol. The SMILES string of the molecule is Clc1nc2ccccc2nc1-c1ccc(-c2ccccc2)cc1-c1ccccc1. The summed E-state index contributed by atoms with van der Waals surface area (Å²) in [7, 11) is 0. The third-order valence-corrected chi connectivity index (χ3v) is 5.26. The van der Waals surface area contributed by atoms with Crippen LogP contribution in [0, 0.1) is 0 Å². The average Bonchev–Trinajstić information content (AvgIpc) is 2.79. The maximum absolute atomic E-state index is 6.58. The first-order valence-corrected chi connectivity index (χ1v) is 9.85. The van der Waals surface area contributed by atoms with E-state index in [4.69, 9.17) is 16.6 Å². The lowest BCUT2D eigenvalue weighted by atomic mass is 9.93. The zero-order chi connectivity index (χ0) is 19.6. The van der Waals surface area contributed by atoms with Gasteiger partial charge < -0.3 is 0 Å². The van der Waals surface area contributed by atoms with Crippen LogP contribution < -0.4 is 0 Å². The van der Waals surface area contributed by atoms with Crippen molar-refractivity contribution >= 4 is 22.6 Å². The number of hydrogen-bond donors (Lipinski definition) is 0. The molecule has 0 spiro atoms. The zero-order valence-corrected chi connectivity index (χ0v) is 16.3. The summed E-state index contributed by atoms with van der Waals surface area (Å²) in [4.78, 5) is 9.41. The summed E-state index contributed by atoms with van der Waals surface area (Å²) in [6.45, 7) is 0. The van der Waals surface area contributed by atoms with Gasteiger partial charge in [-0.05, 0) is 40.5 Å². The molecule has 0 aliphatic rings. The minimum atomic E-state index is 0.411. The van der Waals surface area contributed by atoms with E-state index in [2.05, 4.69) is 59.6 Å². The van der Waals surface area contributed by atoms with Crippen molar-refractivity contribution in [2.45, 2.75) is 0 Å². The fourth-order valence-corrected chi connectivity index (χ4v) is 3.80. The lowest BCUT2D eigenvalue weighted by Crippen LogP contribution is -1.94. The normalized spacial score (nSPS) is 10.9. The topological polar surface area (TPSA) is 25.8 Å². The van der Waals surface area contributed by atoms with Gasteiger partial charge in [0.2, 0.25) is 0 Å². The second kappa shape index (κ2) is 7.50. The van der Waals surface area contributed by atoms with Gasteiger partial charge in [0, 0.05) is 5.56 Å². The highest BCUT2D eigenvalue weighted by Crippen LogP contribution is 2.37. The second-order valence-corrected chi connectivity index (χ2v) is 7.20. The van der Waals surface area contributed by atoms with Crippen LogP contribution in [0.5, 0.6) is 0 Å². The summed E-state index contributed by atoms with van der Waals surface area (Å²) in [6.07, 6.45) is 0. The standard InChI is InChI=1S/C26H17ClN2/c27-26-25(28-23-13-7-8-14-24(23)29-26)21-16-15-20(18-9-3-1-4-10-18)17-22(21)19-11-5-2-6-12-19/h1-17H. The number of benzene rings is 4. The van der Waals surface area contributed by atoms with E-state index in [9.17, 15) is 0 Å². The Hall–Kier alpha value is -3.49. The van der Waals surface area contributed by atoms with Gasteiger partial charge in [-0.1, -0.05) is 96.5 Å². The molecule has 0 saturated carbocycles. The highest BCUT2D eigenvalue weighted by Gasteiger charge is 2.15. The first-order chi connectivity index (χ1) is 14.3. The Kier molecular flexibility index (Phi) is 4.55. The van der Waals surface area contributed by atoms with Crippen LogP contribution >= 0.6 is 11.6 Å². The van der Waals surface area contributed by atoms with Crippen molar-refractivity contribution in [2.75, 3.05) is 0 Å². The molecule has 2 nitrogen and oxygen atoms in total. The number of nitrogens with zero attached hydrogens (tertiary/aromatic N) is 2. The van der Waals surface area contributed by atoms with Gasteiger partial charge in [0.15, 0.2) is 5.15 Å². The summed E-state index contributed by atoms with van der Waals surface area (Å²) in [6, 6.07) is 34.9. The zero-order valence-electron chi connectivity index (χ0n) is 15.6. The lowest BCUT2D eigenvalue weighted by molar-refractivity contribution is 1.29. The molecule has 0 N–H and O–H groups in total. The van der Waals surface area contributed by atoms with Crippen LogP contribution in [0.1, 0.15) is 0 Å². The molecule has 5 rings (SSSR count). The fraction of sp³-hybridized carbons (Fsp3) is 0. The predicted octanol–water partition coefficient (Wildman–Crippen LogP) is 7.28. The highest BCUT2D eigenvalue weighted by molar-refractivity contribution is 6.32. The largest absolute Gasteiger partial charge is 0.243 e. The van der Waals surface area contributed by atoms with Gasteiger partial charge in [-0.2, -0.15) is 0 Å². The molecule has 29 heavy (non-hydrogen) atoms. The Labute approximate surface area is 174 Å². The maximum atomic E-state index is 6.58. The van der Waals surface area contributed by atoms with Crippen molar-refractivity contribution in [1.29, 1.82) is 0 Å². The van der Waals surface area contributed by atoms with E-state index in [1.807, 2.05) is 48.5 Å². The molecule has 1 aromatic heterocycles. The number of fused-ring (bicyclic) bond motifs is 1. The van der Waals surface area contributed by atoms with Gasteiger partial charge in [-0.15, -0.1) is 0 Å². The molecular weight excluding hydrogens is 376 g/mol. The number of halogens is 1. The summed E-state index contributed by atoms with van der Waals surface area (Å²) in [5, 5.41) is 0.411. The Morgan fingerprint density at radius 3 is 1.76 bits per heavy atom. The molecular formula is C26H17ClN2. The quantitative estimate of drug-likeness (QED) is 0.322. The molecule has 0 saturated heterocycles. The molecule has 0 radical (unpaired) electrons.